The van der Waals surface area contributed by atoms with Gasteiger partial charge in [-0.15, -0.1) is 37.0 Å². The molecule has 0 unspecified atom stereocenters. The molecular formula is C65H66O11. The van der Waals surface area contributed by atoms with Crippen molar-refractivity contribution < 1.29 is 52.7 Å². The van der Waals surface area contributed by atoms with Gasteiger partial charge in [-0.1, -0.05) is 78.9 Å². The molecule has 76 heavy (non-hydrogen) atoms. The summed E-state index contributed by atoms with van der Waals surface area (Å²) in [6.45, 7) is 0. The summed E-state index contributed by atoms with van der Waals surface area (Å²) in [5.41, 5.74) is 5.07. The van der Waals surface area contributed by atoms with Gasteiger partial charge in [-0.3, -0.25) is 52.7 Å². The summed E-state index contributed by atoms with van der Waals surface area (Å²) in [5, 5.41) is 1.90. The Morgan fingerprint density at radius 1 is 0.382 bits per heavy atom. The van der Waals surface area contributed by atoms with E-state index in [0.29, 0.717) is 49.7 Å². The van der Waals surface area contributed by atoms with Crippen LogP contribution in [0.15, 0.2) is 84.9 Å². The predicted octanol–water partition coefficient (Wildman–Crippen LogP) is 10.7. The Bertz CT molecular complexity index is 2900. The molecule has 4 aromatic carbocycles. The Morgan fingerprint density at radius 3 is 1.17 bits per heavy atom. The van der Waals surface area contributed by atoms with Gasteiger partial charge < -0.3 is 0 Å². The summed E-state index contributed by atoms with van der Waals surface area (Å²) in [6.07, 6.45) is 25.5. The third-order valence-corrected chi connectivity index (χ3v) is 13.8. The molecule has 4 aromatic rings. The van der Waals surface area contributed by atoms with E-state index in [1.54, 1.807) is 0 Å². The number of ketones is 11. The van der Waals surface area contributed by atoms with E-state index < -0.39 is 11.8 Å². The van der Waals surface area contributed by atoms with Gasteiger partial charge in [0.05, 0.1) is 19.3 Å². The summed E-state index contributed by atoms with van der Waals surface area (Å²) in [7, 11) is 0. The largest absolute Gasteiger partial charge is 0.299 e. The zero-order valence-electron chi connectivity index (χ0n) is 43.3. The lowest BCUT2D eigenvalue weighted by Gasteiger charge is -2.18. The van der Waals surface area contributed by atoms with E-state index in [4.69, 9.17) is 19.3 Å². The normalized spacial score (nSPS) is 15.1. The minimum Gasteiger partial charge on any atom is -0.299 e. The van der Waals surface area contributed by atoms with E-state index in [9.17, 15) is 52.7 Å². The van der Waals surface area contributed by atoms with Gasteiger partial charge in [-0.05, 0) is 77.6 Å². The van der Waals surface area contributed by atoms with Gasteiger partial charge in [0.1, 0.15) is 52.0 Å². The molecule has 11 nitrogen and oxygen atoms in total. The molecule has 0 saturated heterocycles. The van der Waals surface area contributed by atoms with Crippen LogP contribution < -0.4 is 0 Å². The third kappa shape index (κ3) is 19.5. The molecule has 0 aliphatic heterocycles. The second kappa shape index (κ2) is 30.5. The molecule has 0 N–H and O–H groups in total. The Balaban J connectivity index is 0.000000221. The van der Waals surface area contributed by atoms with Crippen molar-refractivity contribution >= 4 is 74.4 Å². The summed E-state index contributed by atoms with van der Waals surface area (Å²) < 4.78 is 0. The van der Waals surface area contributed by atoms with Gasteiger partial charge in [0, 0.05) is 119 Å². The minimum absolute atomic E-state index is 0.0148. The van der Waals surface area contributed by atoms with Crippen LogP contribution in [0.5, 0.6) is 0 Å². The van der Waals surface area contributed by atoms with Gasteiger partial charge in [-0.2, -0.15) is 0 Å². The first-order chi connectivity index (χ1) is 36.5. The first-order valence-electron chi connectivity index (χ1n) is 26.3. The van der Waals surface area contributed by atoms with E-state index >= 15 is 0 Å². The van der Waals surface area contributed by atoms with Crippen molar-refractivity contribution in [3.05, 3.63) is 107 Å². The number of carbonyl (C=O) groups is 11. The van der Waals surface area contributed by atoms with Crippen molar-refractivity contribution in [2.45, 2.75) is 148 Å². The van der Waals surface area contributed by atoms with E-state index in [1.165, 1.54) is 0 Å². The number of hydrogen-bond acceptors (Lipinski definition) is 11. The summed E-state index contributed by atoms with van der Waals surface area (Å²) in [5.74, 6) is 5.73. The van der Waals surface area contributed by atoms with Crippen molar-refractivity contribution in [1.29, 1.82) is 0 Å². The molecule has 3 saturated carbocycles. The molecule has 11 heteroatoms. The molecular weight excluding hydrogens is 957 g/mol. The molecule has 392 valence electrons. The Kier molecular flexibility index (Phi) is 23.7. The van der Waals surface area contributed by atoms with Crippen molar-refractivity contribution in [2.75, 3.05) is 0 Å². The molecule has 0 atom stereocenters. The predicted molar refractivity (Wildman–Crippen MR) is 291 cm³/mol. The minimum atomic E-state index is -0.492. The molecule has 0 radical (unpaired) electrons. The number of rotatable bonds is 22. The second-order valence-electron chi connectivity index (χ2n) is 20.1. The van der Waals surface area contributed by atoms with Gasteiger partial charge in [0.25, 0.3) is 0 Å². The summed E-state index contributed by atoms with van der Waals surface area (Å²) in [4.78, 5) is 130. The molecule has 3 fully saturated rings. The average Bonchev–Trinajstić information content (AvgIpc) is 3.39. The number of benzene rings is 4. The van der Waals surface area contributed by atoms with E-state index in [2.05, 4.69) is 17.8 Å². The van der Waals surface area contributed by atoms with E-state index in [1.807, 2.05) is 84.9 Å². The lowest BCUT2D eigenvalue weighted by atomic mass is 9.82. The van der Waals surface area contributed by atoms with Crippen LogP contribution in [0.4, 0.5) is 0 Å². The lowest BCUT2D eigenvalue weighted by Crippen LogP contribution is -2.29. The summed E-state index contributed by atoms with van der Waals surface area (Å²) in [6, 6.07) is 26.5. The number of Topliss-reactive ketones (excluding diaryl/α,β-unsaturated/α-hetero) is 11. The standard InChI is InChI=1S/C27H26O4.C25H24O4.C13H16O3/c1-2-3-4-5-6-26(30)22-13-11-21(12-14-22)20-9-7-19(8-10-20)15-27(31)23-16-24(28)18-25(29)17-23;1-2-3-4-5-6-24(28)20-10-9-18-11-17(7-8-19(18)13-20)12-25(29)21-14-22(26)16-23(27)15-21;1-2-3-4-5-6-13(16)10-7-11(14)9-12(15)8-10/h1,7-14,23H,3-6,15-18H2;1,7-11,13,21H,3-6,12,14-16H2;1,10H,3-9H2. The van der Waals surface area contributed by atoms with Crippen LogP contribution in [0.2, 0.25) is 0 Å². The highest BCUT2D eigenvalue weighted by Crippen LogP contribution is 2.27. The quantitative estimate of drug-likeness (QED) is 0.0315. The summed E-state index contributed by atoms with van der Waals surface area (Å²) >= 11 is 0. The van der Waals surface area contributed by atoms with Gasteiger partial charge in [0.15, 0.2) is 11.6 Å². The molecule has 0 heterocycles. The molecule has 0 amide bonds. The van der Waals surface area contributed by atoms with Crippen molar-refractivity contribution in [1.82, 2.24) is 0 Å². The fraction of sp³-hybridized carbons (Fsp3) is 0.400. The highest BCUT2D eigenvalue weighted by atomic mass is 16.2. The van der Waals surface area contributed by atoms with Gasteiger partial charge in [-0.25, -0.2) is 0 Å². The zero-order valence-corrected chi connectivity index (χ0v) is 43.3. The fourth-order valence-electron chi connectivity index (χ4n) is 9.62. The number of terminal acetylenes is 3. The molecule has 7 rings (SSSR count). The van der Waals surface area contributed by atoms with Crippen molar-refractivity contribution in [2.24, 2.45) is 17.8 Å². The maximum absolute atomic E-state index is 12.5. The van der Waals surface area contributed by atoms with E-state index in [-0.39, 0.29) is 140 Å². The fourth-order valence-corrected chi connectivity index (χ4v) is 9.62. The van der Waals surface area contributed by atoms with Gasteiger partial charge in [0.2, 0.25) is 0 Å². The zero-order chi connectivity index (χ0) is 55.0. The van der Waals surface area contributed by atoms with Crippen LogP contribution in [0.25, 0.3) is 21.9 Å². The molecule has 0 aromatic heterocycles. The van der Waals surface area contributed by atoms with Crippen molar-refractivity contribution in [3.63, 3.8) is 0 Å². The number of unbranched alkanes of at least 4 members (excludes halogenated alkanes) is 6. The van der Waals surface area contributed by atoms with Crippen molar-refractivity contribution in [3.8, 4) is 48.2 Å². The number of hydrogen-bond donors (Lipinski definition) is 0. The first kappa shape index (κ1) is 59.1. The lowest BCUT2D eigenvalue weighted by molar-refractivity contribution is -0.137. The van der Waals surface area contributed by atoms with Crippen LogP contribution in [0, 0.1) is 54.8 Å². The maximum Gasteiger partial charge on any atom is 0.162 e. The van der Waals surface area contributed by atoms with Crippen LogP contribution in [0.3, 0.4) is 0 Å². The smallest absolute Gasteiger partial charge is 0.162 e. The first-order valence-corrected chi connectivity index (χ1v) is 26.3. The van der Waals surface area contributed by atoms with Crippen LogP contribution in [0.1, 0.15) is 167 Å². The number of fused-ring (bicyclic) bond motifs is 1. The Hall–Kier alpha value is -7.81. The average molecular weight is 1020 g/mol. The molecule has 0 spiro atoms. The monoisotopic (exact) mass is 1020 g/mol. The molecule has 3 aliphatic carbocycles. The van der Waals surface area contributed by atoms with Crippen LogP contribution >= 0.6 is 0 Å². The number of carbonyl (C=O) groups excluding carboxylic acids is 11. The van der Waals surface area contributed by atoms with E-state index in [0.717, 1.165) is 71.6 Å². The van der Waals surface area contributed by atoms with Crippen LogP contribution in [-0.4, -0.2) is 63.6 Å². The van der Waals surface area contributed by atoms with Crippen LogP contribution in [-0.2, 0) is 56.0 Å². The molecule has 3 aliphatic rings. The topological polar surface area (TPSA) is 188 Å². The Morgan fingerprint density at radius 2 is 0.724 bits per heavy atom. The van der Waals surface area contributed by atoms with Gasteiger partial charge >= 0.3 is 0 Å². The maximum atomic E-state index is 12.5. The SMILES string of the molecule is C#CCCCCC(=O)C1CC(=O)CC(=O)C1.C#CCCCCC(=O)c1ccc(-c2ccc(CC(=O)C3CC(=O)CC(=O)C3)cc2)cc1.C#CCCCCC(=O)c1ccc2cc(CC(=O)C3CC(=O)CC(=O)C3)ccc2c1. The molecule has 0 bridgehead atoms. The highest BCUT2D eigenvalue weighted by molar-refractivity contribution is 6.07. The second-order valence-corrected chi connectivity index (χ2v) is 20.1. The third-order valence-electron chi connectivity index (χ3n) is 13.8. The Labute approximate surface area is 446 Å². The highest BCUT2D eigenvalue weighted by Gasteiger charge is 2.32.